The predicted molar refractivity (Wildman–Crippen MR) is 80.3 cm³/mol. The fraction of sp³-hybridized carbons (Fsp3) is 0.333. The average molecular weight is 413 g/mol. The van der Waals surface area contributed by atoms with Gasteiger partial charge in [0.1, 0.15) is 0 Å². The molecule has 0 N–H and O–H groups in total. The van der Waals surface area contributed by atoms with Crippen LogP contribution in [0.5, 0.6) is 0 Å². The largest absolute Gasteiger partial charge is 1.00 e. The van der Waals surface area contributed by atoms with Crippen LogP contribution in [-0.2, 0) is 25.0 Å². The van der Waals surface area contributed by atoms with Crippen LogP contribution in [0.2, 0.25) is 4.13 Å². The molecule has 2 aromatic rings. The van der Waals surface area contributed by atoms with Crippen LogP contribution in [-0.4, -0.2) is 6.61 Å². The number of allylic oxidation sites excluding steroid dienone is 1. The molecule has 1 aliphatic carbocycles. The number of halogens is 2. The zero-order valence-corrected chi connectivity index (χ0v) is 16.6. The Morgan fingerprint density at radius 2 is 1.86 bits per heavy atom. The Morgan fingerprint density at radius 3 is 2.64 bits per heavy atom. The molecule has 1 atom stereocenters. The van der Waals surface area contributed by atoms with Crippen molar-refractivity contribution in [3.05, 3.63) is 53.1 Å². The number of hydrogen-bond donors (Lipinski definition) is 0. The summed E-state index contributed by atoms with van der Waals surface area (Å²) in [5.41, 5.74) is 4.57. The first kappa shape index (κ1) is 18.2. The van der Waals surface area contributed by atoms with Crippen molar-refractivity contribution in [2.24, 2.45) is 0 Å². The van der Waals surface area contributed by atoms with Crippen LogP contribution in [0.3, 0.4) is 0 Å². The maximum Gasteiger partial charge on any atom is -1.00 e. The zero-order chi connectivity index (χ0) is 13.5. The van der Waals surface area contributed by atoms with E-state index in [0.717, 1.165) is 6.61 Å². The Hall–Kier alpha value is -0.137. The molecule has 0 bridgehead atoms. The third-order valence-corrected chi connectivity index (χ3v) is 11.5. The first-order chi connectivity index (χ1) is 9.84. The molecule has 115 valence electrons. The second kappa shape index (κ2) is 7.62. The van der Waals surface area contributed by atoms with Gasteiger partial charge in [-0.2, -0.15) is 0 Å². The third-order valence-electron chi connectivity index (χ3n) is 4.57. The summed E-state index contributed by atoms with van der Waals surface area (Å²) in [6.07, 6.45) is 5.08. The second-order valence-electron chi connectivity index (χ2n) is 5.88. The van der Waals surface area contributed by atoms with Crippen molar-refractivity contribution >= 4 is 16.8 Å². The Labute approximate surface area is 153 Å². The monoisotopic (exact) mass is 411 g/mol. The second-order valence-corrected chi connectivity index (χ2v) is 11.5. The quantitative estimate of drug-likeness (QED) is 0.587. The van der Waals surface area contributed by atoms with E-state index < -0.39 is 22.2 Å². The minimum atomic E-state index is -1.75. The van der Waals surface area contributed by atoms with E-state index in [1.807, 2.05) is 0 Å². The van der Waals surface area contributed by atoms with Gasteiger partial charge in [-0.15, -0.1) is 0 Å². The molecule has 22 heavy (non-hydrogen) atoms. The molecule has 4 heteroatoms. The Kier molecular flexibility index (Phi) is 6.31. The SMILES string of the molecule is CC1=Cc2c(ccc3ccccc23)[CH]1[Zr+2]1[CH2]CCC[O]1.[Cl-].[Cl-]. The maximum absolute atomic E-state index is 6.26. The molecule has 0 radical (unpaired) electrons. The minimum absolute atomic E-state index is 0. The molecule has 1 fully saturated rings. The van der Waals surface area contributed by atoms with Gasteiger partial charge in [0.05, 0.1) is 0 Å². The summed E-state index contributed by atoms with van der Waals surface area (Å²) in [5.74, 6) is 0. The van der Waals surface area contributed by atoms with Crippen LogP contribution in [0.15, 0.2) is 42.0 Å². The third kappa shape index (κ3) is 3.09. The van der Waals surface area contributed by atoms with Crippen LogP contribution in [0.1, 0.15) is 34.5 Å². The standard InChI is InChI=1S/C14H11.C4H8O.2ClH.Zr/c1-10-8-12-7-6-11-4-2-3-5-13(11)14(12)9-10;1-2-3-4-5;;;/h2-9H,1H3;1-4H2;2*1H;/q;-1;;;+3/p-2. The van der Waals surface area contributed by atoms with Crippen molar-refractivity contribution in [1.29, 1.82) is 0 Å². The van der Waals surface area contributed by atoms with Crippen molar-refractivity contribution in [3.8, 4) is 0 Å². The molecule has 1 aliphatic heterocycles. The summed E-state index contributed by atoms with van der Waals surface area (Å²) < 4.78 is 8.31. The van der Waals surface area contributed by atoms with E-state index in [9.17, 15) is 0 Å². The summed E-state index contributed by atoms with van der Waals surface area (Å²) in [6.45, 7) is 3.33. The molecule has 2 aromatic carbocycles. The van der Waals surface area contributed by atoms with E-state index in [2.05, 4.69) is 49.4 Å². The summed E-state index contributed by atoms with van der Waals surface area (Å²) >= 11 is -1.75. The molecule has 1 unspecified atom stereocenters. The van der Waals surface area contributed by atoms with Crippen molar-refractivity contribution in [3.63, 3.8) is 0 Å². The van der Waals surface area contributed by atoms with Crippen LogP contribution in [0.4, 0.5) is 0 Å². The van der Waals surface area contributed by atoms with Gasteiger partial charge in [-0.25, -0.2) is 0 Å². The minimum Gasteiger partial charge on any atom is -1.00 e. The molecule has 1 saturated heterocycles. The number of rotatable bonds is 1. The van der Waals surface area contributed by atoms with Gasteiger partial charge in [0.25, 0.3) is 0 Å². The van der Waals surface area contributed by atoms with Gasteiger partial charge < -0.3 is 24.8 Å². The molecule has 1 heterocycles. The van der Waals surface area contributed by atoms with E-state index in [0.29, 0.717) is 3.63 Å². The van der Waals surface area contributed by atoms with Gasteiger partial charge in [-0.3, -0.25) is 0 Å². The first-order valence-electron chi connectivity index (χ1n) is 7.53. The summed E-state index contributed by atoms with van der Waals surface area (Å²) in [4.78, 5) is 0. The topological polar surface area (TPSA) is 9.23 Å². The fourth-order valence-electron chi connectivity index (χ4n) is 3.61. The van der Waals surface area contributed by atoms with Gasteiger partial charge in [-0.1, -0.05) is 0 Å². The average Bonchev–Trinajstić information content (AvgIpc) is 2.84. The molecule has 1 nitrogen and oxygen atoms in total. The van der Waals surface area contributed by atoms with Crippen molar-refractivity contribution in [1.82, 2.24) is 0 Å². The van der Waals surface area contributed by atoms with Gasteiger partial charge >= 0.3 is 129 Å². The molecule has 2 aliphatic rings. The fourth-order valence-corrected chi connectivity index (χ4v) is 10.5. The van der Waals surface area contributed by atoms with Crippen molar-refractivity contribution in [2.45, 2.75) is 27.5 Å². The molecular weight excluding hydrogens is 394 g/mol. The van der Waals surface area contributed by atoms with E-state index in [-0.39, 0.29) is 24.8 Å². The van der Waals surface area contributed by atoms with Gasteiger partial charge in [0.2, 0.25) is 0 Å². The van der Waals surface area contributed by atoms with Crippen LogP contribution in [0, 0.1) is 0 Å². The van der Waals surface area contributed by atoms with Crippen LogP contribution in [0.25, 0.3) is 16.8 Å². The molecule has 0 spiro atoms. The number of hydrogen-bond acceptors (Lipinski definition) is 1. The van der Waals surface area contributed by atoms with Gasteiger partial charge in [-0.05, 0) is 0 Å². The van der Waals surface area contributed by atoms with Crippen molar-refractivity contribution in [2.75, 3.05) is 6.61 Å². The van der Waals surface area contributed by atoms with Crippen molar-refractivity contribution < 1.29 is 49.8 Å². The summed E-state index contributed by atoms with van der Waals surface area (Å²) in [6, 6.07) is 13.4. The summed E-state index contributed by atoms with van der Waals surface area (Å²) in [7, 11) is 0. The van der Waals surface area contributed by atoms with Gasteiger partial charge in [0.15, 0.2) is 0 Å². The van der Waals surface area contributed by atoms with E-state index in [4.69, 9.17) is 2.81 Å². The zero-order valence-electron chi connectivity index (χ0n) is 12.6. The van der Waals surface area contributed by atoms with Gasteiger partial charge in [0, 0.05) is 0 Å². The Balaban J connectivity index is 0.000000882. The normalized spacial score (nSPS) is 20.0. The molecular formula is C18H19Cl2OZr. The summed E-state index contributed by atoms with van der Waals surface area (Å²) in [5, 5.41) is 2.76. The Bertz CT molecular complexity index is 693. The number of benzene rings is 2. The molecule has 4 rings (SSSR count). The Morgan fingerprint density at radius 1 is 1.05 bits per heavy atom. The molecule has 0 aromatic heterocycles. The molecule has 0 saturated carbocycles. The first-order valence-corrected chi connectivity index (χ1v) is 11.7. The smallest absolute Gasteiger partial charge is 1.00 e. The predicted octanol–water partition coefficient (Wildman–Crippen LogP) is -0.932. The van der Waals surface area contributed by atoms with E-state index in [1.165, 1.54) is 33.3 Å². The molecule has 0 amide bonds. The van der Waals surface area contributed by atoms with E-state index in [1.54, 1.807) is 11.1 Å². The van der Waals surface area contributed by atoms with Crippen LogP contribution >= 0.6 is 0 Å². The van der Waals surface area contributed by atoms with Crippen LogP contribution < -0.4 is 24.8 Å². The van der Waals surface area contributed by atoms with E-state index >= 15 is 0 Å². The number of fused-ring (bicyclic) bond motifs is 3. The maximum atomic E-state index is 6.26.